The van der Waals surface area contributed by atoms with Gasteiger partial charge < -0.3 is 5.32 Å². The maximum Gasteiger partial charge on any atom is 0.217 e. The lowest BCUT2D eigenvalue weighted by molar-refractivity contribution is -0.119. The fourth-order valence-electron chi connectivity index (χ4n) is 0.681. The monoisotopic (exact) mass is 149 g/mol. The molecule has 0 unspecified atom stereocenters. The standard InChI is InChI=1S/C8H9N2O/c1-7(11)10-6-8-3-2-4-9-5-8/h3-5H,6H2,1H3,(H,10,11). The minimum absolute atomic E-state index is 0.0335. The highest BCUT2D eigenvalue weighted by Gasteiger charge is 1.92. The molecule has 1 aromatic heterocycles. The van der Waals surface area contributed by atoms with Gasteiger partial charge >= 0.3 is 0 Å². The zero-order chi connectivity index (χ0) is 8.10. The molecule has 0 aliphatic rings. The smallest absolute Gasteiger partial charge is 0.217 e. The number of pyridine rings is 1. The van der Waals surface area contributed by atoms with E-state index in [1.54, 1.807) is 18.5 Å². The Kier molecular flexibility index (Phi) is 2.60. The lowest BCUT2D eigenvalue weighted by atomic mass is 10.3. The van der Waals surface area contributed by atoms with Gasteiger partial charge in [0, 0.05) is 31.9 Å². The van der Waals surface area contributed by atoms with E-state index in [-0.39, 0.29) is 5.91 Å². The molecule has 0 bridgehead atoms. The van der Waals surface area contributed by atoms with Crippen LogP contribution < -0.4 is 5.32 Å². The number of carbonyl (C=O) groups excluding carboxylic acids is 1. The molecular weight excluding hydrogens is 140 g/mol. The Labute approximate surface area is 65.5 Å². The second-order valence-electron chi connectivity index (χ2n) is 2.20. The van der Waals surface area contributed by atoms with E-state index in [1.807, 2.05) is 0 Å². The highest BCUT2D eigenvalue weighted by Crippen LogP contribution is 1.92. The third-order valence-corrected chi connectivity index (χ3v) is 1.20. The largest absolute Gasteiger partial charge is 0.352 e. The van der Waals surface area contributed by atoms with Crippen LogP contribution in [0.5, 0.6) is 0 Å². The summed E-state index contributed by atoms with van der Waals surface area (Å²) in [6.07, 6.45) is 3.28. The predicted octanol–water partition coefficient (Wildman–Crippen LogP) is 0.518. The van der Waals surface area contributed by atoms with Crippen LogP contribution in [0, 0.1) is 6.07 Å². The summed E-state index contributed by atoms with van der Waals surface area (Å²) >= 11 is 0. The number of nitrogens with one attached hydrogen (secondary N) is 1. The van der Waals surface area contributed by atoms with Gasteiger partial charge in [-0.25, -0.2) is 0 Å². The third kappa shape index (κ3) is 2.80. The van der Waals surface area contributed by atoms with Crippen LogP contribution in [0.3, 0.4) is 0 Å². The molecule has 0 aliphatic heterocycles. The van der Waals surface area contributed by atoms with Crippen molar-refractivity contribution in [3.63, 3.8) is 0 Å². The van der Waals surface area contributed by atoms with Gasteiger partial charge in [0.2, 0.25) is 5.91 Å². The number of hydrogen-bond acceptors (Lipinski definition) is 2. The average Bonchev–Trinajstić information content (AvgIpc) is 2.03. The molecule has 0 aliphatic carbocycles. The van der Waals surface area contributed by atoms with Gasteiger partial charge in [-0.1, -0.05) is 0 Å². The highest BCUT2D eigenvalue weighted by atomic mass is 16.1. The molecule has 0 aromatic carbocycles. The Morgan fingerprint density at radius 3 is 3.18 bits per heavy atom. The Morgan fingerprint density at radius 1 is 1.82 bits per heavy atom. The second kappa shape index (κ2) is 3.71. The molecule has 1 N–H and O–H groups in total. The molecule has 0 atom stereocenters. The Hall–Kier alpha value is -1.38. The number of aromatic nitrogens is 1. The van der Waals surface area contributed by atoms with Gasteiger partial charge in [-0.15, -0.1) is 0 Å². The molecule has 1 radical (unpaired) electrons. The first kappa shape index (κ1) is 7.72. The van der Waals surface area contributed by atoms with E-state index in [2.05, 4.69) is 16.4 Å². The Morgan fingerprint density at radius 2 is 2.64 bits per heavy atom. The average molecular weight is 149 g/mol. The van der Waals surface area contributed by atoms with Gasteiger partial charge in [-0.2, -0.15) is 0 Å². The van der Waals surface area contributed by atoms with Gasteiger partial charge in [0.25, 0.3) is 0 Å². The second-order valence-corrected chi connectivity index (χ2v) is 2.20. The van der Waals surface area contributed by atoms with Crippen molar-refractivity contribution >= 4 is 5.91 Å². The van der Waals surface area contributed by atoms with E-state index >= 15 is 0 Å². The zero-order valence-corrected chi connectivity index (χ0v) is 6.29. The van der Waals surface area contributed by atoms with E-state index in [0.717, 1.165) is 5.56 Å². The van der Waals surface area contributed by atoms with Crippen molar-refractivity contribution in [2.24, 2.45) is 0 Å². The van der Waals surface area contributed by atoms with Crippen LogP contribution in [0.2, 0.25) is 0 Å². The summed E-state index contributed by atoms with van der Waals surface area (Å²) in [7, 11) is 0. The molecule has 1 amide bonds. The topological polar surface area (TPSA) is 42.0 Å². The summed E-state index contributed by atoms with van der Waals surface area (Å²) in [6.45, 7) is 2.01. The molecule has 0 spiro atoms. The van der Waals surface area contributed by atoms with Crippen LogP contribution in [0.4, 0.5) is 0 Å². The maximum absolute atomic E-state index is 10.5. The van der Waals surface area contributed by atoms with Gasteiger partial charge in [0.15, 0.2) is 0 Å². The molecule has 0 saturated carbocycles. The highest BCUT2D eigenvalue weighted by molar-refractivity contribution is 5.72. The van der Waals surface area contributed by atoms with Crippen molar-refractivity contribution in [3.8, 4) is 0 Å². The first-order valence-electron chi connectivity index (χ1n) is 3.33. The summed E-state index contributed by atoms with van der Waals surface area (Å²) in [6, 6.07) is 4.62. The molecule has 3 heteroatoms. The van der Waals surface area contributed by atoms with Crippen molar-refractivity contribution in [3.05, 3.63) is 30.1 Å². The molecule has 1 heterocycles. The summed E-state index contributed by atoms with van der Waals surface area (Å²) in [5.74, 6) is -0.0335. The summed E-state index contributed by atoms with van der Waals surface area (Å²) in [5.41, 5.74) is 0.961. The molecule has 1 aromatic rings. The SMILES string of the molecule is CC(=O)NCc1c[c]cnc1. The number of carbonyl (C=O) groups is 1. The lowest BCUT2D eigenvalue weighted by Gasteiger charge is -1.99. The lowest BCUT2D eigenvalue weighted by Crippen LogP contribution is -2.18. The molecule has 57 valence electrons. The minimum atomic E-state index is -0.0335. The number of rotatable bonds is 2. The van der Waals surface area contributed by atoms with Crippen molar-refractivity contribution in [2.45, 2.75) is 13.5 Å². The van der Waals surface area contributed by atoms with Gasteiger partial charge in [-0.3, -0.25) is 9.78 Å². The first-order valence-corrected chi connectivity index (χ1v) is 3.33. The molecule has 1 rings (SSSR count). The van der Waals surface area contributed by atoms with Crippen LogP contribution in [-0.4, -0.2) is 10.9 Å². The summed E-state index contributed by atoms with van der Waals surface area (Å²) in [4.78, 5) is 14.3. The Bertz CT molecular complexity index is 233. The predicted molar refractivity (Wildman–Crippen MR) is 40.6 cm³/mol. The Balaban J connectivity index is 2.45. The number of hydrogen-bond donors (Lipinski definition) is 1. The maximum atomic E-state index is 10.5. The van der Waals surface area contributed by atoms with Crippen LogP contribution in [0.25, 0.3) is 0 Å². The summed E-state index contributed by atoms with van der Waals surface area (Å²) < 4.78 is 0. The zero-order valence-electron chi connectivity index (χ0n) is 6.29. The van der Waals surface area contributed by atoms with Crippen molar-refractivity contribution < 1.29 is 4.79 Å². The third-order valence-electron chi connectivity index (χ3n) is 1.20. The molecule has 0 saturated heterocycles. The normalized spacial score (nSPS) is 9.18. The van der Waals surface area contributed by atoms with Gasteiger partial charge in [0.05, 0.1) is 0 Å². The van der Waals surface area contributed by atoms with E-state index in [9.17, 15) is 4.79 Å². The van der Waals surface area contributed by atoms with E-state index in [4.69, 9.17) is 0 Å². The van der Waals surface area contributed by atoms with Crippen molar-refractivity contribution in [1.29, 1.82) is 0 Å². The van der Waals surface area contributed by atoms with E-state index in [0.29, 0.717) is 6.54 Å². The van der Waals surface area contributed by atoms with Gasteiger partial charge in [0.1, 0.15) is 0 Å². The van der Waals surface area contributed by atoms with E-state index in [1.165, 1.54) is 6.92 Å². The molecule has 11 heavy (non-hydrogen) atoms. The van der Waals surface area contributed by atoms with Crippen LogP contribution in [-0.2, 0) is 11.3 Å². The van der Waals surface area contributed by atoms with Crippen molar-refractivity contribution in [1.82, 2.24) is 10.3 Å². The number of amides is 1. The van der Waals surface area contributed by atoms with Crippen molar-refractivity contribution in [2.75, 3.05) is 0 Å². The quantitative estimate of drug-likeness (QED) is 0.666. The van der Waals surface area contributed by atoms with Crippen LogP contribution in [0.15, 0.2) is 18.5 Å². The van der Waals surface area contributed by atoms with Gasteiger partial charge in [-0.05, 0) is 11.6 Å². The number of nitrogens with zero attached hydrogens (tertiary/aromatic N) is 1. The molecule has 3 nitrogen and oxygen atoms in total. The summed E-state index contributed by atoms with van der Waals surface area (Å²) in [5, 5.41) is 2.66. The minimum Gasteiger partial charge on any atom is -0.352 e. The van der Waals surface area contributed by atoms with Crippen LogP contribution >= 0.6 is 0 Å². The first-order chi connectivity index (χ1) is 5.29. The molecular formula is C8H9N2O. The molecule has 0 fully saturated rings. The van der Waals surface area contributed by atoms with E-state index < -0.39 is 0 Å². The fourth-order valence-corrected chi connectivity index (χ4v) is 0.681. The van der Waals surface area contributed by atoms with Crippen LogP contribution in [0.1, 0.15) is 12.5 Å². The fraction of sp³-hybridized carbons (Fsp3) is 0.250.